The van der Waals surface area contributed by atoms with E-state index in [0.717, 1.165) is 24.8 Å². The Bertz CT molecular complexity index is 787. The highest BCUT2D eigenvalue weighted by Gasteiger charge is 2.30. The summed E-state index contributed by atoms with van der Waals surface area (Å²) >= 11 is 0. The fourth-order valence-corrected chi connectivity index (χ4v) is 2.28. The molecule has 2 rings (SSSR count). The van der Waals surface area contributed by atoms with Gasteiger partial charge in [-0.25, -0.2) is 5.43 Å². The lowest BCUT2D eigenvalue weighted by atomic mass is 9.99. The largest absolute Gasteiger partial charge is 0.484 e. The number of hydrazone groups is 1. The molecule has 0 aliphatic heterocycles. The predicted octanol–water partition coefficient (Wildman–Crippen LogP) is 4.75. The molecule has 0 spiro atoms. The highest BCUT2D eigenvalue weighted by atomic mass is 19.4. The molecule has 144 valence electrons. The SMILES string of the molecule is CCC(C)c1ccc(OCC(=O)NN=Cc2cccc(C(F)(F)F)c2)cc1. The van der Waals surface area contributed by atoms with Crippen LogP contribution in [0, 0.1) is 0 Å². The molecule has 2 aromatic carbocycles. The number of halogens is 3. The number of hydrogen-bond donors (Lipinski definition) is 1. The van der Waals surface area contributed by atoms with Gasteiger partial charge in [-0.2, -0.15) is 18.3 Å². The standard InChI is InChI=1S/C20H21F3N2O2/c1-3-14(2)16-7-9-18(10-8-16)27-13-19(26)25-24-12-15-5-4-6-17(11-15)20(21,22)23/h4-12,14H,3,13H2,1-2H3,(H,25,26). The van der Waals surface area contributed by atoms with E-state index in [9.17, 15) is 18.0 Å². The lowest BCUT2D eigenvalue weighted by Crippen LogP contribution is -2.24. The Kier molecular flexibility index (Phi) is 6.98. The van der Waals surface area contributed by atoms with Crippen LogP contribution in [0.4, 0.5) is 13.2 Å². The fourth-order valence-electron chi connectivity index (χ4n) is 2.28. The first-order valence-corrected chi connectivity index (χ1v) is 8.51. The minimum atomic E-state index is -4.43. The minimum Gasteiger partial charge on any atom is -0.484 e. The third-order valence-corrected chi connectivity index (χ3v) is 4.05. The number of benzene rings is 2. The zero-order chi connectivity index (χ0) is 19.9. The summed E-state index contributed by atoms with van der Waals surface area (Å²) in [7, 11) is 0. The molecule has 1 N–H and O–H groups in total. The van der Waals surface area contributed by atoms with Crippen LogP contribution in [0.15, 0.2) is 53.6 Å². The fraction of sp³-hybridized carbons (Fsp3) is 0.300. The summed E-state index contributed by atoms with van der Waals surface area (Å²) in [5, 5.41) is 3.65. The molecule has 0 bridgehead atoms. The maximum absolute atomic E-state index is 12.6. The van der Waals surface area contributed by atoms with E-state index in [1.807, 2.05) is 12.1 Å². The van der Waals surface area contributed by atoms with Crippen LogP contribution in [-0.2, 0) is 11.0 Å². The predicted molar refractivity (Wildman–Crippen MR) is 97.8 cm³/mol. The normalized spacial score (nSPS) is 12.8. The number of hydrogen-bond acceptors (Lipinski definition) is 3. The summed E-state index contributed by atoms with van der Waals surface area (Å²) in [5.74, 6) is 0.496. The zero-order valence-electron chi connectivity index (χ0n) is 15.1. The van der Waals surface area contributed by atoms with Gasteiger partial charge in [-0.1, -0.05) is 38.1 Å². The first kappa shape index (κ1) is 20.5. The number of carbonyl (C=O) groups excluding carboxylic acids is 1. The minimum absolute atomic E-state index is 0.228. The second-order valence-corrected chi connectivity index (χ2v) is 6.08. The van der Waals surface area contributed by atoms with Crippen molar-refractivity contribution in [3.05, 3.63) is 65.2 Å². The van der Waals surface area contributed by atoms with Gasteiger partial charge in [0, 0.05) is 0 Å². The van der Waals surface area contributed by atoms with Crippen molar-refractivity contribution in [1.29, 1.82) is 0 Å². The van der Waals surface area contributed by atoms with Crippen LogP contribution in [-0.4, -0.2) is 18.7 Å². The molecule has 0 heterocycles. The van der Waals surface area contributed by atoms with E-state index in [1.54, 1.807) is 12.1 Å². The summed E-state index contributed by atoms with van der Waals surface area (Å²) in [4.78, 5) is 11.7. The first-order valence-electron chi connectivity index (χ1n) is 8.51. The summed E-state index contributed by atoms with van der Waals surface area (Å²) < 4.78 is 43.3. The molecular weight excluding hydrogens is 357 g/mol. The average molecular weight is 378 g/mol. The average Bonchev–Trinajstić information content (AvgIpc) is 2.66. The number of alkyl halides is 3. The van der Waals surface area contributed by atoms with E-state index in [0.29, 0.717) is 11.7 Å². The summed E-state index contributed by atoms with van der Waals surface area (Å²) in [5.41, 5.74) is 2.87. The number of rotatable bonds is 7. The highest BCUT2D eigenvalue weighted by Crippen LogP contribution is 2.29. The van der Waals surface area contributed by atoms with Crippen LogP contribution < -0.4 is 10.2 Å². The van der Waals surface area contributed by atoms with Gasteiger partial charge in [-0.3, -0.25) is 4.79 Å². The lowest BCUT2D eigenvalue weighted by molar-refractivity contribution is -0.137. The van der Waals surface area contributed by atoms with Crippen molar-refractivity contribution in [1.82, 2.24) is 5.43 Å². The van der Waals surface area contributed by atoms with E-state index >= 15 is 0 Å². The molecule has 0 aromatic heterocycles. The zero-order valence-corrected chi connectivity index (χ0v) is 15.1. The molecule has 1 amide bonds. The Balaban J connectivity index is 1.83. The Labute approximate surface area is 156 Å². The van der Waals surface area contributed by atoms with E-state index in [1.165, 1.54) is 17.7 Å². The highest BCUT2D eigenvalue weighted by molar-refractivity contribution is 5.83. The molecule has 0 radical (unpaired) electrons. The van der Waals surface area contributed by atoms with Crippen LogP contribution in [0.5, 0.6) is 5.75 Å². The first-order chi connectivity index (χ1) is 12.8. The van der Waals surface area contributed by atoms with E-state index in [2.05, 4.69) is 24.4 Å². The van der Waals surface area contributed by atoms with E-state index in [-0.39, 0.29) is 12.2 Å². The second kappa shape index (κ2) is 9.21. The van der Waals surface area contributed by atoms with Crippen molar-refractivity contribution in [2.75, 3.05) is 6.61 Å². The number of nitrogens with zero attached hydrogens (tertiary/aromatic N) is 1. The van der Waals surface area contributed by atoms with Gasteiger partial charge in [0.25, 0.3) is 5.91 Å². The molecule has 1 atom stereocenters. The summed E-state index contributed by atoms with van der Waals surface area (Å²) in [6.07, 6.45) is -2.24. The molecule has 0 fully saturated rings. The van der Waals surface area contributed by atoms with Gasteiger partial charge in [0.05, 0.1) is 11.8 Å². The number of amides is 1. The Morgan fingerprint density at radius 1 is 1.22 bits per heavy atom. The van der Waals surface area contributed by atoms with Crippen molar-refractivity contribution in [3.63, 3.8) is 0 Å². The molecule has 0 saturated heterocycles. The maximum atomic E-state index is 12.6. The van der Waals surface area contributed by atoms with Gasteiger partial charge in [-0.05, 0) is 47.7 Å². The van der Waals surface area contributed by atoms with Gasteiger partial charge < -0.3 is 4.74 Å². The van der Waals surface area contributed by atoms with Gasteiger partial charge >= 0.3 is 6.18 Å². The third-order valence-electron chi connectivity index (χ3n) is 4.05. The van der Waals surface area contributed by atoms with Gasteiger partial charge in [0.2, 0.25) is 0 Å². The molecule has 0 aliphatic rings. The Morgan fingerprint density at radius 2 is 1.93 bits per heavy atom. The van der Waals surface area contributed by atoms with Gasteiger partial charge in [-0.15, -0.1) is 0 Å². The summed E-state index contributed by atoms with van der Waals surface area (Å²) in [6, 6.07) is 12.1. The van der Waals surface area contributed by atoms with Crippen molar-refractivity contribution >= 4 is 12.1 Å². The summed E-state index contributed by atoms with van der Waals surface area (Å²) in [6.45, 7) is 3.99. The van der Waals surface area contributed by atoms with Crippen LogP contribution in [0.25, 0.3) is 0 Å². The molecule has 27 heavy (non-hydrogen) atoms. The van der Waals surface area contributed by atoms with Crippen molar-refractivity contribution in [2.24, 2.45) is 5.10 Å². The van der Waals surface area contributed by atoms with Gasteiger partial charge in [0.15, 0.2) is 6.61 Å². The van der Waals surface area contributed by atoms with E-state index in [4.69, 9.17) is 4.74 Å². The third kappa shape index (κ3) is 6.44. The van der Waals surface area contributed by atoms with Crippen LogP contribution in [0.3, 0.4) is 0 Å². The topological polar surface area (TPSA) is 50.7 Å². The van der Waals surface area contributed by atoms with Crippen LogP contribution in [0.2, 0.25) is 0 Å². The van der Waals surface area contributed by atoms with Gasteiger partial charge in [0.1, 0.15) is 5.75 Å². The molecule has 2 aromatic rings. The van der Waals surface area contributed by atoms with Crippen molar-refractivity contribution in [3.8, 4) is 5.75 Å². The molecule has 7 heteroatoms. The molecule has 4 nitrogen and oxygen atoms in total. The Morgan fingerprint density at radius 3 is 2.56 bits per heavy atom. The number of ether oxygens (including phenoxy) is 1. The lowest BCUT2D eigenvalue weighted by Gasteiger charge is -2.10. The number of nitrogens with one attached hydrogen (secondary N) is 1. The molecule has 1 unspecified atom stereocenters. The number of carbonyl (C=O) groups is 1. The maximum Gasteiger partial charge on any atom is 0.416 e. The smallest absolute Gasteiger partial charge is 0.416 e. The molecular formula is C20H21F3N2O2. The second-order valence-electron chi connectivity index (χ2n) is 6.08. The van der Waals surface area contributed by atoms with Crippen LogP contribution in [0.1, 0.15) is 42.9 Å². The monoisotopic (exact) mass is 378 g/mol. The van der Waals surface area contributed by atoms with Crippen LogP contribution >= 0.6 is 0 Å². The quantitative estimate of drug-likeness (QED) is 0.558. The molecule has 0 aliphatic carbocycles. The van der Waals surface area contributed by atoms with Crippen molar-refractivity contribution < 1.29 is 22.7 Å². The molecule has 0 saturated carbocycles. The van der Waals surface area contributed by atoms with Crippen molar-refractivity contribution in [2.45, 2.75) is 32.4 Å². The van der Waals surface area contributed by atoms with E-state index < -0.39 is 17.6 Å². The Hall–Kier alpha value is -2.83.